The molecule has 2 rings (SSSR count). The van der Waals surface area contributed by atoms with Gasteiger partial charge in [-0.1, -0.05) is 17.3 Å². The number of rotatable bonds is 4. The molecule has 0 unspecified atom stereocenters. The largest absolute Gasteiger partial charge is 0.495 e. The maximum atomic E-state index is 8.82. The first-order valence-corrected chi connectivity index (χ1v) is 5.84. The first-order chi connectivity index (χ1) is 9.69. The van der Waals surface area contributed by atoms with E-state index in [0.717, 1.165) is 5.69 Å². The third kappa shape index (κ3) is 2.46. The van der Waals surface area contributed by atoms with Crippen molar-refractivity contribution in [1.29, 1.82) is 0 Å². The minimum atomic E-state index is -0.102. The van der Waals surface area contributed by atoms with Crippen LogP contribution in [0.1, 0.15) is 5.69 Å². The van der Waals surface area contributed by atoms with E-state index in [0.29, 0.717) is 17.3 Å². The highest BCUT2D eigenvalue weighted by molar-refractivity contribution is 6.00. The summed E-state index contributed by atoms with van der Waals surface area (Å²) in [5, 5.41) is 11.8. The topological polar surface area (TPSA) is 96.9 Å². The molecule has 0 bridgehead atoms. The lowest BCUT2D eigenvalue weighted by molar-refractivity contribution is 0.318. The van der Waals surface area contributed by atoms with E-state index in [2.05, 4.69) is 15.1 Å². The molecule has 0 spiro atoms. The molecule has 0 atom stereocenters. The van der Waals surface area contributed by atoms with Gasteiger partial charge in [-0.3, -0.25) is 0 Å². The first kappa shape index (κ1) is 13.6. The van der Waals surface area contributed by atoms with Crippen LogP contribution in [0.15, 0.2) is 41.8 Å². The summed E-state index contributed by atoms with van der Waals surface area (Å²) in [5.41, 5.74) is 6.71. The molecule has 0 fully saturated rings. The lowest BCUT2D eigenvalue weighted by Gasteiger charge is -2.22. The number of ether oxygens (including phenoxy) is 1. The molecule has 3 N–H and O–H groups in total. The van der Waals surface area contributed by atoms with Crippen LogP contribution in [-0.2, 0) is 0 Å². The van der Waals surface area contributed by atoms with Gasteiger partial charge in [-0.2, -0.15) is 0 Å². The SMILES string of the molecule is COc1ccccc1N(C)c1nccnc1C(N)=NO. The number of benzene rings is 1. The van der Waals surface area contributed by atoms with Crippen LogP contribution in [0.5, 0.6) is 5.75 Å². The summed E-state index contributed by atoms with van der Waals surface area (Å²) in [7, 11) is 3.39. The van der Waals surface area contributed by atoms with Crippen LogP contribution >= 0.6 is 0 Å². The molecule has 20 heavy (non-hydrogen) atoms. The lowest BCUT2D eigenvalue weighted by atomic mass is 10.2. The predicted molar refractivity (Wildman–Crippen MR) is 75.6 cm³/mol. The summed E-state index contributed by atoms with van der Waals surface area (Å²) in [6.07, 6.45) is 3.02. The predicted octanol–water partition coefficient (Wildman–Crippen LogP) is 1.35. The Bertz CT molecular complexity index is 630. The second kappa shape index (κ2) is 5.87. The molecule has 0 radical (unpaired) electrons. The van der Waals surface area contributed by atoms with E-state index in [1.54, 1.807) is 19.1 Å². The van der Waals surface area contributed by atoms with Gasteiger partial charge in [0.1, 0.15) is 5.75 Å². The molecule has 1 heterocycles. The number of hydrogen-bond acceptors (Lipinski definition) is 6. The van der Waals surface area contributed by atoms with Crippen LogP contribution in [0.4, 0.5) is 11.5 Å². The summed E-state index contributed by atoms with van der Waals surface area (Å²) in [6.45, 7) is 0. The van der Waals surface area contributed by atoms with Gasteiger partial charge in [0.05, 0.1) is 12.8 Å². The maximum Gasteiger partial charge on any atom is 0.192 e. The second-order valence-corrected chi connectivity index (χ2v) is 3.94. The van der Waals surface area contributed by atoms with Crippen molar-refractivity contribution in [2.24, 2.45) is 10.9 Å². The number of anilines is 2. The smallest absolute Gasteiger partial charge is 0.192 e. The molecule has 1 aromatic carbocycles. The Morgan fingerprint density at radius 2 is 2.00 bits per heavy atom. The number of nitrogens with two attached hydrogens (primary N) is 1. The molecule has 0 aliphatic rings. The second-order valence-electron chi connectivity index (χ2n) is 3.94. The zero-order valence-electron chi connectivity index (χ0n) is 11.2. The Balaban J connectivity index is 2.51. The normalized spacial score (nSPS) is 11.2. The first-order valence-electron chi connectivity index (χ1n) is 5.84. The minimum Gasteiger partial charge on any atom is -0.495 e. The van der Waals surface area contributed by atoms with E-state index in [4.69, 9.17) is 15.7 Å². The fraction of sp³-hybridized carbons (Fsp3) is 0.154. The Morgan fingerprint density at radius 3 is 2.70 bits per heavy atom. The van der Waals surface area contributed by atoms with Gasteiger partial charge in [-0.05, 0) is 12.1 Å². The van der Waals surface area contributed by atoms with Gasteiger partial charge in [-0.25, -0.2) is 9.97 Å². The van der Waals surface area contributed by atoms with E-state index in [1.807, 2.05) is 24.3 Å². The number of nitrogens with zero attached hydrogens (tertiary/aromatic N) is 4. The Labute approximate surface area is 116 Å². The van der Waals surface area contributed by atoms with Crippen LogP contribution in [0.25, 0.3) is 0 Å². The molecule has 0 saturated carbocycles. The zero-order valence-corrected chi connectivity index (χ0v) is 11.2. The highest BCUT2D eigenvalue weighted by Gasteiger charge is 2.17. The van der Waals surface area contributed by atoms with Gasteiger partial charge in [-0.15, -0.1) is 0 Å². The van der Waals surface area contributed by atoms with Crippen LogP contribution < -0.4 is 15.4 Å². The van der Waals surface area contributed by atoms with Crippen molar-refractivity contribution >= 4 is 17.3 Å². The van der Waals surface area contributed by atoms with Gasteiger partial charge in [0.15, 0.2) is 17.3 Å². The van der Waals surface area contributed by atoms with Crippen LogP contribution in [0.3, 0.4) is 0 Å². The Hall–Kier alpha value is -2.83. The molecule has 0 aliphatic carbocycles. The number of amidine groups is 1. The standard InChI is InChI=1S/C13H15N5O2/c1-18(9-5-3-4-6-10(9)20-2)13-11(12(14)17-19)15-7-8-16-13/h3-8,19H,1-2H3,(H2,14,17). The van der Waals surface area contributed by atoms with Crippen LogP contribution in [0, 0.1) is 0 Å². The van der Waals surface area contributed by atoms with E-state index in [9.17, 15) is 0 Å². The summed E-state index contributed by atoms with van der Waals surface area (Å²) in [5.74, 6) is 1.05. The average molecular weight is 273 g/mol. The van der Waals surface area contributed by atoms with E-state index >= 15 is 0 Å². The number of oxime groups is 1. The van der Waals surface area contributed by atoms with Crippen molar-refractivity contribution in [3.8, 4) is 5.75 Å². The minimum absolute atomic E-state index is 0.102. The highest BCUT2D eigenvalue weighted by atomic mass is 16.5. The highest BCUT2D eigenvalue weighted by Crippen LogP contribution is 2.31. The van der Waals surface area contributed by atoms with Crippen molar-refractivity contribution in [1.82, 2.24) is 9.97 Å². The number of methoxy groups -OCH3 is 1. The number of aromatic nitrogens is 2. The molecular weight excluding hydrogens is 258 g/mol. The molecule has 0 aliphatic heterocycles. The van der Waals surface area contributed by atoms with E-state index < -0.39 is 0 Å². The fourth-order valence-electron chi connectivity index (χ4n) is 1.83. The van der Waals surface area contributed by atoms with Crippen molar-refractivity contribution in [2.45, 2.75) is 0 Å². The van der Waals surface area contributed by atoms with Gasteiger partial charge < -0.3 is 20.6 Å². The van der Waals surface area contributed by atoms with Crippen molar-refractivity contribution in [3.63, 3.8) is 0 Å². The number of para-hydroxylation sites is 2. The molecule has 1 aromatic heterocycles. The van der Waals surface area contributed by atoms with Crippen LogP contribution in [-0.4, -0.2) is 35.2 Å². The Kier molecular flexibility index (Phi) is 3.99. The molecule has 2 aromatic rings. The monoisotopic (exact) mass is 273 g/mol. The Morgan fingerprint density at radius 1 is 1.30 bits per heavy atom. The van der Waals surface area contributed by atoms with Crippen molar-refractivity contribution in [3.05, 3.63) is 42.4 Å². The van der Waals surface area contributed by atoms with Crippen LogP contribution in [0.2, 0.25) is 0 Å². The summed E-state index contributed by atoms with van der Waals surface area (Å²) in [6, 6.07) is 7.47. The molecule has 7 nitrogen and oxygen atoms in total. The van der Waals surface area contributed by atoms with Gasteiger partial charge in [0.25, 0.3) is 0 Å². The zero-order chi connectivity index (χ0) is 14.5. The van der Waals surface area contributed by atoms with E-state index in [-0.39, 0.29) is 5.84 Å². The van der Waals surface area contributed by atoms with Crippen molar-refractivity contribution in [2.75, 3.05) is 19.1 Å². The summed E-state index contributed by atoms with van der Waals surface area (Å²) in [4.78, 5) is 10.1. The third-order valence-corrected chi connectivity index (χ3v) is 2.79. The third-order valence-electron chi connectivity index (χ3n) is 2.79. The van der Waals surface area contributed by atoms with Gasteiger partial charge >= 0.3 is 0 Å². The molecule has 7 heteroatoms. The maximum absolute atomic E-state index is 8.82. The molecule has 104 valence electrons. The number of hydrogen-bond donors (Lipinski definition) is 2. The summed E-state index contributed by atoms with van der Waals surface area (Å²) >= 11 is 0. The summed E-state index contributed by atoms with van der Waals surface area (Å²) < 4.78 is 5.31. The molecule has 0 saturated heterocycles. The quantitative estimate of drug-likeness (QED) is 0.378. The molecular formula is C13H15N5O2. The fourth-order valence-corrected chi connectivity index (χ4v) is 1.83. The molecule has 0 amide bonds. The average Bonchev–Trinajstić information content (AvgIpc) is 2.53. The van der Waals surface area contributed by atoms with E-state index in [1.165, 1.54) is 12.4 Å². The lowest BCUT2D eigenvalue weighted by Crippen LogP contribution is -2.22. The van der Waals surface area contributed by atoms with Gasteiger partial charge in [0.2, 0.25) is 0 Å². The van der Waals surface area contributed by atoms with Crippen molar-refractivity contribution < 1.29 is 9.94 Å². The van der Waals surface area contributed by atoms with Gasteiger partial charge in [0, 0.05) is 19.4 Å².